The molecule has 0 bridgehead atoms. The van der Waals surface area contributed by atoms with Crippen LogP contribution in [0.5, 0.6) is 0 Å². The van der Waals surface area contributed by atoms with Crippen molar-refractivity contribution >= 4 is 0 Å². The smallest absolute Gasteiger partial charge is 0.0991 e. The van der Waals surface area contributed by atoms with Crippen molar-refractivity contribution in [2.45, 2.75) is 45.1 Å². The lowest BCUT2D eigenvalue weighted by molar-refractivity contribution is 0.715. The molecule has 1 aromatic rings. The van der Waals surface area contributed by atoms with Gasteiger partial charge in [0.2, 0.25) is 0 Å². The fourth-order valence-corrected chi connectivity index (χ4v) is 1.28. The van der Waals surface area contributed by atoms with E-state index < -0.39 is 0 Å². The number of benzene rings is 1. The minimum Gasteiger partial charge on any atom is -0.328 e. The number of nitrogens with two attached hydrogens (primary N) is 1. The van der Waals surface area contributed by atoms with Crippen LogP contribution < -0.4 is 5.73 Å². The zero-order valence-electron chi connectivity index (χ0n) is 10.1. The lowest BCUT2D eigenvalue weighted by Crippen LogP contribution is -2.11. The van der Waals surface area contributed by atoms with Gasteiger partial charge in [0.15, 0.2) is 0 Å². The molecular weight excluding hydrogens is 196 g/mol. The molecule has 1 saturated carbocycles. The van der Waals surface area contributed by atoms with E-state index >= 15 is 0 Å². The predicted octanol–water partition coefficient (Wildman–Crippen LogP) is 3.18. The molecular formula is C14H20N2. The Labute approximate surface area is 98.1 Å². The van der Waals surface area contributed by atoms with Gasteiger partial charge in [0.25, 0.3) is 0 Å². The minimum atomic E-state index is 0.384. The lowest BCUT2D eigenvalue weighted by atomic mass is 10.1. The van der Waals surface area contributed by atoms with Gasteiger partial charge in [0.1, 0.15) is 0 Å². The Hall–Kier alpha value is -1.33. The van der Waals surface area contributed by atoms with E-state index in [1.807, 2.05) is 25.1 Å². The van der Waals surface area contributed by atoms with Crippen LogP contribution in [0.4, 0.5) is 0 Å². The van der Waals surface area contributed by atoms with Gasteiger partial charge in [-0.15, -0.1) is 0 Å². The molecule has 2 nitrogen and oxygen atoms in total. The molecule has 1 fully saturated rings. The summed E-state index contributed by atoms with van der Waals surface area (Å²) in [5, 5.41) is 8.61. The second-order valence-electron chi connectivity index (χ2n) is 4.40. The topological polar surface area (TPSA) is 49.8 Å². The highest BCUT2D eigenvalue weighted by molar-refractivity contribution is 5.35. The molecule has 16 heavy (non-hydrogen) atoms. The molecule has 0 aromatic heterocycles. The maximum atomic E-state index is 8.61. The van der Waals surface area contributed by atoms with Gasteiger partial charge in [-0.05, 0) is 49.8 Å². The average Bonchev–Trinajstić information content (AvgIpc) is 3.14. The van der Waals surface area contributed by atoms with Crippen LogP contribution in [0, 0.1) is 11.3 Å². The Morgan fingerprint density at radius 2 is 2.12 bits per heavy atom. The van der Waals surface area contributed by atoms with Gasteiger partial charge in [-0.25, -0.2) is 0 Å². The molecule has 1 aliphatic carbocycles. The molecule has 2 N–H and O–H groups in total. The maximum Gasteiger partial charge on any atom is 0.0991 e. The number of hydrogen-bond acceptors (Lipinski definition) is 2. The summed E-state index contributed by atoms with van der Waals surface area (Å²) in [6.07, 6.45) is 3.68. The summed E-state index contributed by atoms with van der Waals surface area (Å²) in [6, 6.07) is 10.5. The van der Waals surface area contributed by atoms with Crippen molar-refractivity contribution in [1.29, 1.82) is 5.26 Å². The molecule has 86 valence electrons. The van der Waals surface area contributed by atoms with E-state index in [9.17, 15) is 0 Å². The molecule has 0 heterocycles. The van der Waals surface area contributed by atoms with Crippen LogP contribution in [-0.4, -0.2) is 6.04 Å². The van der Waals surface area contributed by atoms with E-state index in [-0.39, 0.29) is 0 Å². The van der Waals surface area contributed by atoms with Crippen molar-refractivity contribution in [2.75, 3.05) is 0 Å². The molecule has 1 atom stereocenters. The monoisotopic (exact) mass is 216 g/mol. The number of nitriles is 1. The normalized spacial score (nSPS) is 15.6. The van der Waals surface area contributed by atoms with Gasteiger partial charge in [-0.2, -0.15) is 5.26 Å². The van der Waals surface area contributed by atoms with Crippen LogP contribution >= 0.6 is 0 Å². The molecule has 0 radical (unpaired) electrons. The Bertz CT molecular complexity index is 359. The first-order valence-corrected chi connectivity index (χ1v) is 5.93. The van der Waals surface area contributed by atoms with Crippen molar-refractivity contribution in [3.05, 3.63) is 35.4 Å². The van der Waals surface area contributed by atoms with Gasteiger partial charge >= 0.3 is 0 Å². The zero-order chi connectivity index (χ0) is 12.0. The van der Waals surface area contributed by atoms with Gasteiger partial charge in [-0.1, -0.05) is 19.1 Å². The minimum absolute atomic E-state index is 0.384. The number of hydrogen-bond donors (Lipinski definition) is 1. The van der Waals surface area contributed by atoms with Gasteiger partial charge in [0.05, 0.1) is 11.6 Å². The Kier molecular flexibility index (Phi) is 5.01. The van der Waals surface area contributed by atoms with Crippen molar-refractivity contribution in [3.63, 3.8) is 0 Å². The van der Waals surface area contributed by atoms with Crippen LogP contribution in [0.3, 0.4) is 0 Å². The fourth-order valence-electron chi connectivity index (χ4n) is 1.28. The van der Waals surface area contributed by atoms with Gasteiger partial charge < -0.3 is 5.73 Å². The molecule has 0 saturated heterocycles. The maximum absolute atomic E-state index is 8.61. The third-order valence-electron chi connectivity index (χ3n) is 2.71. The summed E-state index contributed by atoms with van der Waals surface area (Å²) >= 11 is 0. The molecule has 1 aliphatic rings. The summed E-state index contributed by atoms with van der Waals surface area (Å²) in [4.78, 5) is 0. The van der Waals surface area contributed by atoms with Gasteiger partial charge in [0, 0.05) is 6.04 Å². The third kappa shape index (κ3) is 4.46. The lowest BCUT2D eigenvalue weighted by Gasteiger charge is -1.95. The Morgan fingerprint density at radius 1 is 1.50 bits per heavy atom. The first-order valence-electron chi connectivity index (χ1n) is 5.93. The van der Waals surface area contributed by atoms with Crippen LogP contribution in [0.15, 0.2) is 24.3 Å². The summed E-state index contributed by atoms with van der Waals surface area (Å²) in [5.74, 6) is 0.753. The molecule has 0 amide bonds. The van der Waals surface area contributed by atoms with E-state index in [1.54, 1.807) is 0 Å². The summed E-state index contributed by atoms with van der Waals surface area (Å²) in [7, 11) is 0. The second-order valence-corrected chi connectivity index (χ2v) is 4.40. The fraction of sp³-hybridized carbons (Fsp3) is 0.500. The first kappa shape index (κ1) is 12.7. The molecule has 0 spiro atoms. The highest BCUT2D eigenvalue weighted by Crippen LogP contribution is 2.39. The SMILES string of the molecule is CCC(C)N.N#Cc1cccc(C2CC2)c1. The van der Waals surface area contributed by atoms with E-state index in [0.29, 0.717) is 6.04 Å². The van der Waals surface area contributed by atoms with E-state index in [4.69, 9.17) is 11.0 Å². The Balaban J connectivity index is 0.000000221. The van der Waals surface area contributed by atoms with E-state index in [0.717, 1.165) is 17.9 Å². The summed E-state index contributed by atoms with van der Waals surface area (Å²) in [6.45, 7) is 4.07. The first-order chi connectivity index (χ1) is 7.67. The summed E-state index contributed by atoms with van der Waals surface area (Å²) in [5.41, 5.74) is 7.42. The van der Waals surface area contributed by atoms with Crippen molar-refractivity contribution in [3.8, 4) is 6.07 Å². The van der Waals surface area contributed by atoms with Crippen LogP contribution in [0.25, 0.3) is 0 Å². The van der Waals surface area contributed by atoms with Crippen molar-refractivity contribution in [2.24, 2.45) is 5.73 Å². The number of rotatable bonds is 2. The predicted molar refractivity (Wildman–Crippen MR) is 67.1 cm³/mol. The molecule has 0 aliphatic heterocycles. The second kappa shape index (κ2) is 6.30. The Morgan fingerprint density at radius 3 is 2.56 bits per heavy atom. The molecule has 2 rings (SSSR count). The van der Waals surface area contributed by atoms with Crippen LogP contribution in [0.2, 0.25) is 0 Å². The zero-order valence-corrected chi connectivity index (χ0v) is 10.1. The van der Waals surface area contributed by atoms with Crippen LogP contribution in [-0.2, 0) is 0 Å². The van der Waals surface area contributed by atoms with E-state index in [1.165, 1.54) is 18.4 Å². The average molecular weight is 216 g/mol. The standard InChI is InChI=1S/C10H9N.C4H11N/c11-7-8-2-1-3-10(6-8)9-4-5-9;1-3-4(2)5/h1-3,6,9H,4-5H2;4H,3,5H2,1-2H3. The highest BCUT2D eigenvalue weighted by atomic mass is 14.6. The van der Waals surface area contributed by atoms with Gasteiger partial charge in [-0.3, -0.25) is 0 Å². The molecule has 1 unspecified atom stereocenters. The van der Waals surface area contributed by atoms with Crippen molar-refractivity contribution < 1.29 is 0 Å². The molecule has 1 aromatic carbocycles. The van der Waals surface area contributed by atoms with Crippen molar-refractivity contribution in [1.82, 2.24) is 0 Å². The van der Waals surface area contributed by atoms with Crippen LogP contribution in [0.1, 0.15) is 50.2 Å². The van der Waals surface area contributed by atoms with E-state index in [2.05, 4.69) is 19.1 Å². The highest BCUT2D eigenvalue weighted by Gasteiger charge is 2.23. The largest absolute Gasteiger partial charge is 0.328 e. The quantitative estimate of drug-likeness (QED) is 0.825. The number of nitrogens with zero attached hydrogens (tertiary/aromatic N) is 1. The molecule has 2 heteroatoms. The third-order valence-corrected chi connectivity index (χ3v) is 2.71. The summed E-state index contributed by atoms with van der Waals surface area (Å²) < 4.78 is 0.